The molecule has 0 saturated heterocycles. The molecule has 1 N–H and O–H groups in total. The monoisotopic (exact) mass is 219 g/mol. The minimum atomic E-state index is -0.368. The largest absolute Gasteiger partial charge is 0.387 e. The Balaban J connectivity index is 2.04. The summed E-state index contributed by atoms with van der Waals surface area (Å²) in [6, 6.07) is 3.97. The van der Waals surface area contributed by atoms with Crippen LogP contribution in [-0.4, -0.2) is 10.1 Å². The van der Waals surface area contributed by atoms with E-state index >= 15 is 0 Å². The van der Waals surface area contributed by atoms with Crippen molar-refractivity contribution in [1.82, 2.24) is 4.98 Å². The Labute approximate surface area is 97.7 Å². The zero-order valence-electron chi connectivity index (χ0n) is 10.2. The van der Waals surface area contributed by atoms with E-state index in [1.807, 2.05) is 19.1 Å². The fourth-order valence-electron chi connectivity index (χ4n) is 2.56. The Bertz CT molecular complexity index is 342. The lowest BCUT2D eigenvalue weighted by Crippen LogP contribution is -2.20. The number of hydrogen-bond acceptors (Lipinski definition) is 2. The zero-order valence-corrected chi connectivity index (χ0v) is 10.2. The van der Waals surface area contributed by atoms with E-state index in [4.69, 9.17) is 0 Å². The first-order chi connectivity index (χ1) is 7.66. The van der Waals surface area contributed by atoms with Crippen molar-refractivity contribution >= 4 is 0 Å². The summed E-state index contributed by atoms with van der Waals surface area (Å²) >= 11 is 0. The van der Waals surface area contributed by atoms with E-state index in [2.05, 4.69) is 11.9 Å². The van der Waals surface area contributed by atoms with Crippen LogP contribution < -0.4 is 0 Å². The predicted octanol–water partition coefficient (Wildman–Crippen LogP) is 3.25. The standard InChI is InChI=1S/C14H21NO/c1-10-3-5-12(6-4-10)14(16)13-9-11(2)7-8-15-13/h7-10,12,14,16H,3-6H2,1-2H3. The van der Waals surface area contributed by atoms with Crippen LogP contribution in [0.2, 0.25) is 0 Å². The van der Waals surface area contributed by atoms with Crippen LogP contribution in [0.25, 0.3) is 0 Å². The maximum atomic E-state index is 10.3. The van der Waals surface area contributed by atoms with Gasteiger partial charge in [0.15, 0.2) is 0 Å². The van der Waals surface area contributed by atoms with Gasteiger partial charge in [-0.15, -0.1) is 0 Å². The molecule has 0 aliphatic heterocycles. The Morgan fingerprint density at radius 3 is 2.62 bits per heavy atom. The quantitative estimate of drug-likeness (QED) is 0.828. The molecule has 0 amide bonds. The molecule has 1 aromatic heterocycles. The summed E-state index contributed by atoms with van der Waals surface area (Å²) in [5, 5.41) is 10.3. The van der Waals surface area contributed by atoms with Gasteiger partial charge in [-0.05, 0) is 49.3 Å². The molecule has 0 bridgehead atoms. The second-order valence-corrected chi connectivity index (χ2v) is 5.22. The van der Waals surface area contributed by atoms with Gasteiger partial charge < -0.3 is 5.11 Å². The van der Waals surface area contributed by atoms with Crippen molar-refractivity contribution in [2.24, 2.45) is 11.8 Å². The van der Waals surface area contributed by atoms with E-state index < -0.39 is 0 Å². The minimum absolute atomic E-state index is 0.368. The number of nitrogens with zero attached hydrogens (tertiary/aromatic N) is 1. The fourth-order valence-corrected chi connectivity index (χ4v) is 2.56. The summed E-state index contributed by atoms with van der Waals surface area (Å²) in [5.41, 5.74) is 2.02. The molecule has 0 spiro atoms. The second-order valence-electron chi connectivity index (χ2n) is 5.22. The topological polar surface area (TPSA) is 33.1 Å². The summed E-state index contributed by atoms with van der Waals surface area (Å²) in [7, 11) is 0. The smallest absolute Gasteiger partial charge is 0.0987 e. The van der Waals surface area contributed by atoms with E-state index in [1.54, 1.807) is 6.20 Å². The molecule has 1 aliphatic carbocycles. The summed E-state index contributed by atoms with van der Waals surface area (Å²) < 4.78 is 0. The van der Waals surface area contributed by atoms with Crippen molar-refractivity contribution in [3.05, 3.63) is 29.6 Å². The number of pyridine rings is 1. The molecule has 0 radical (unpaired) electrons. The van der Waals surface area contributed by atoms with Crippen LogP contribution >= 0.6 is 0 Å². The second kappa shape index (κ2) is 4.96. The van der Waals surface area contributed by atoms with E-state index in [-0.39, 0.29) is 6.10 Å². The van der Waals surface area contributed by atoms with Crippen molar-refractivity contribution in [3.63, 3.8) is 0 Å². The van der Waals surface area contributed by atoms with Crippen molar-refractivity contribution in [2.75, 3.05) is 0 Å². The van der Waals surface area contributed by atoms with Crippen molar-refractivity contribution in [1.29, 1.82) is 0 Å². The number of aryl methyl sites for hydroxylation is 1. The molecule has 1 heterocycles. The molecule has 0 aromatic carbocycles. The predicted molar refractivity (Wildman–Crippen MR) is 65.1 cm³/mol. The summed E-state index contributed by atoms with van der Waals surface area (Å²) in [4.78, 5) is 4.28. The summed E-state index contributed by atoms with van der Waals surface area (Å²) in [6.07, 6.45) is 6.18. The van der Waals surface area contributed by atoms with Gasteiger partial charge in [-0.3, -0.25) is 4.98 Å². The first-order valence-electron chi connectivity index (χ1n) is 6.27. The highest BCUT2D eigenvalue weighted by molar-refractivity contribution is 5.16. The highest BCUT2D eigenvalue weighted by atomic mass is 16.3. The molecule has 2 rings (SSSR count). The fraction of sp³-hybridized carbons (Fsp3) is 0.643. The van der Waals surface area contributed by atoms with Gasteiger partial charge in [0.25, 0.3) is 0 Å². The van der Waals surface area contributed by atoms with Crippen LogP contribution in [0.5, 0.6) is 0 Å². The Morgan fingerprint density at radius 1 is 1.31 bits per heavy atom. The number of hydrogen-bond donors (Lipinski definition) is 1. The summed E-state index contributed by atoms with van der Waals surface area (Å²) in [5.74, 6) is 1.24. The first kappa shape index (κ1) is 11.6. The van der Waals surface area contributed by atoms with Crippen LogP contribution in [-0.2, 0) is 0 Å². The molecule has 1 saturated carbocycles. The van der Waals surface area contributed by atoms with Crippen LogP contribution in [0, 0.1) is 18.8 Å². The van der Waals surface area contributed by atoms with Gasteiger partial charge in [-0.2, -0.15) is 0 Å². The molecule has 1 unspecified atom stereocenters. The van der Waals surface area contributed by atoms with Gasteiger partial charge >= 0.3 is 0 Å². The molecule has 1 atom stereocenters. The average Bonchev–Trinajstić information content (AvgIpc) is 2.29. The third-order valence-corrected chi connectivity index (χ3v) is 3.75. The van der Waals surface area contributed by atoms with E-state index in [1.165, 1.54) is 18.4 Å². The number of rotatable bonds is 2. The van der Waals surface area contributed by atoms with E-state index in [0.717, 1.165) is 24.5 Å². The van der Waals surface area contributed by atoms with Crippen molar-refractivity contribution in [2.45, 2.75) is 45.6 Å². The zero-order chi connectivity index (χ0) is 11.5. The lowest BCUT2D eigenvalue weighted by molar-refractivity contribution is 0.0721. The normalized spacial score (nSPS) is 27.7. The van der Waals surface area contributed by atoms with Gasteiger partial charge in [-0.1, -0.05) is 19.8 Å². The third-order valence-electron chi connectivity index (χ3n) is 3.75. The van der Waals surface area contributed by atoms with Crippen molar-refractivity contribution in [3.8, 4) is 0 Å². The number of aliphatic hydroxyl groups excluding tert-OH is 1. The molecule has 2 nitrogen and oxygen atoms in total. The lowest BCUT2D eigenvalue weighted by Gasteiger charge is -2.29. The minimum Gasteiger partial charge on any atom is -0.387 e. The molecule has 2 heteroatoms. The van der Waals surface area contributed by atoms with E-state index in [9.17, 15) is 5.11 Å². The maximum Gasteiger partial charge on any atom is 0.0987 e. The molecule has 88 valence electrons. The Kier molecular flexibility index (Phi) is 3.59. The van der Waals surface area contributed by atoms with E-state index in [0.29, 0.717) is 5.92 Å². The molecule has 1 aromatic rings. The van der Waals surface area contributed by atoms with Crippen LogP contribution in [0.3, 0.4) is 0 Å². The van der Waals surface area contributed by atoms with Gasteiger partial charge in [0, 0.05) is 6.20 Å². The molecule has 1 fully saturated rings. The van der Waals surface area contributed by atoms with Gasteiger partial charge in [0.1, 0.15) is 0 Å². The maximum absolute atomic E-state index is 10.3. The molecule has 16 heavy (non-hydrogen) atoms. The van der Waals surface area contributed by atoms with Crippen LogP contribution in [0.1, 0.15) is 50.0 Å². The molecular formula is C14H21NO. The number of aliphatic hydroxyl groups is 1. The van der Waals surface area contributed by atoms with Crippen LogP contribution in [0.15, 0.2) is 18.3 Å². The highest BCUT2D eigenvalue weighted by Gasteiger charge is 2.26. The average molecular weight is 219 g/mol. The van der Waals surface area contributed by atoms with Gasteiger partial charge in [0.05, 0.1) is 11.8 Å². The molecular weight excluding hydrogens is 198 g/mol. The SMILES string of the molecule is Cc1ccnc(C(O)C2CCC(C)CC2)c1. The first-order valence-corrected chi connectivity index (χ1v) is 6.27. The van der Waals surface area contributed by atoms with Crippen molar-refractivity contribution < 1.29 is 5.11 Å². The summed E-state index contributed by atoms with van der Waals surface area (Å²) in [6.45, 7) is 4.34. The van der Waals surface area contributed by atoms with Crippen LogP contribution in [0.4, 0.5) is 0 Å². The Hall–Kier alpha value is -0.890. The number of aromatic nitrogens is 1. The lowest BCUT2D eigenvalue weighted by atomic mass is 9.79. The van der Waals surface area contributed by atoms with Gasteiger partial charge in [-0.25, -0.2) is 0 Å². The Morgan fingerprint density at radius 2 is 2.00 bits per heavy atom. The molecule has 1 aliphatic rings. The third kappa shape index (κ3) is 2.62. The van der Waals surface area contributed by atoms with Gasteiger partial charge in [0.2, 0.25) is 0 Å². The highest BCUT2D eigenvalue weighted by Crippen LogP contribution is 2.36.